The number of nitrogens with zero attached hydrogens (tertiary/aromatic N) is 3. The minimum absolute atomic E-state index is 0.0404. The molecular formula is C34H64N6O13S. The van der Waals surface area contributed by atoms with Gasteiger partial charge in [-0.25, -0.2) is 4.79 Å². The van der Waals surface area contributed by atoms with Crippen molar-refractivity contribution in [2.45, 2.75) is 43.0 Å². The summed E-state index contributed by atoms with van der Waals surface area (Å²) in [5, 5.41) is 12.7. The van der Waals surface area contributed by atoms with Crippen LogP contribution in [0.1, 0.15) is 25.7 Å². The number of nitrogens with one attached hydrogen (secondary N) is 3. The van der Waals surface area contributed by atoms with Crippen molar-refractivity contribution >= 4 is 23.7 Å². The highest BCUT2D eigenvalue weighted by molar-refractivity contribution is 8.00. The van der Waals surface area contributed by atoms with Crippen LogP contribution in [0.25, 0.3) is 10.4 Å². The fourth-order valence-electron chi connectivity index (χ4n) is 5.08. The molecule has 3 atom stereocenters. The quantitative estimate of drug-likeness (QED) is 0.0261. The van der Waals surface area contributed by atoms with E-state index in [4.69, 9.17) is 57.6 Å². The third-order valence-electron chi connectivity index (χ3n) is 7.77. The zero-order chi connectivity index (χ0) is 38.4. The predicted molar refractivity (Wildman–Crippen MR) is 200 cm³/mol. The van der Waals surface area contributed by atoms with Gasteiger partial charge in [-0.1, -0.05) is 11.5 Å². The number of amides is 3. The zero-order valence-corrected chi connectivity index (χ0v) is 32.6. The second-order valence-electron chi connectivity index (χ2n) is 11.9. The molecule has 2 heterocycles. The van der Waals surface area contributed by atoms with Crippen molar-refractivity contribution in [3.63, 3.8) is 0 Å². The number of carbonyl (C=O) groups is 2. The van der Waals surface area contributed by atoms with E-state index in [1.165, 1.54) is 0 Å². The molecule has 0 aromatic heterocycles. The van der Waals surface area contributed by atoms with E-state index in [9.17, 15) is 9.59 Å². The summed E-state index contributed by atoms with van der Waals surface area (Å²) in [7, 11) is 0. The lowest BCUT2D eigenvalue weighted by Crippen LogP contribution is -2.36. The highest BCUT2D eigenvalue weighted by Crippen LogP contribution is 2.33. The highest BCUT2D eigenvalue weighted by atomic mass is 32.2. The number of fused-ring (bicyclic) bond motifs is 1. The second kappa shape index (κ2) is 36.6. The van der Waals surface area contributed by atoms with E-state index in [2.05, 4.69) is 26.0 Å². The summed E-state index contributed by atoms with van der Waals surface area (Å²) in [4.78, 5) is 26.1. The molecule has 0 bridgehead atoms. The Morgan fingerprint density at radius 3 is 1.46 bits per heavy atom. The number of hydrogen-bond donors (Lipinski definition) is 3. The molecule has 54 heavy (non-hydrogen) atoms. The van der Waals surface area contributed by atoms with Crippen molar-refractivity contribution < 1.29 is 61.7 Å². The number of thioether (sulfide) groups is 1. The molecule has 2 rings (SSSR count). The Balaban J connectivity index is 1.14. The Kier molecular flexibility index (Phi) is 32.6. The van der Waals surface area contributed by atoms with E-state index in [-0.39, 0.29) is 24.0 Å². The summed E-state index contributed by atoms with van der Waals surface area (Å²) in [6.45, 7) is 11.2. The van der Waals surface area contributed by atoms with Gasteiger partial charge >= 0.3 is 6.03 Å². The molecule has 2 aliphatic rings. The zero-order valence-electron chi connectivity index (χ0n) is 31.8. The Morgan fingerprint density at radius 1 is 0.630 bits per heavy atom. The number of carbonyl (C=O) groups excluding carboxylic acids is 2. The number of ether oxygens (including phenoxy) is 11. The molecule has 0 aliphatic carbocycles. The molecule has 0 aromatic rings. The van der Waals surface area contributed by atoms with E-state index in [0.717, 1.165) is 25.0 Å². The van der Waals surface area contributed by atoms with Crippen molar-refractivity contribution in [3.05, 3.63) is 10.4 Å². The fourth-order valence-corrected chi connectivity index (χ4v) is 6.62. The molecule has 19 nitrogen and oxygen atoms in total. The van der Waals surface area contributed by atoms with Crippen LogP contribution in [0.3, 0.4) is 0 Å². The minimum Gasteiger partial charge on any atom is -0.379 e. The van der Waals surface area contributed by atoms with Gasteiger partial charge in [0.2, 0.25) is 5.91 Å². The standard InChI is InChI=1S/C34H64N6O13S/c35-40-37-6-8-44-10-12-46-14-16-48-18-20-50-22-24-52-26-28-53-27-25-51-23-21-49-19-17-47-15-13-45-11-9-43-7-5-36-32(41)4-2-1-3-31-33-30(29-54-31)38-34(42)39-33/h30-31,33H,1-29H2,(H,36,41)(H2,38,39,42)/t30-,31-,33+/m0/s1. The summed E-state index contributed by atoms with van der Waals surface area (Å²) in [6.07, 6.45) is 3.33. The Labute approximate surface area is 323 Å². The predicted octanol–water partition coefficient (Wildman–Crippen LogP) is 1.32. The first kappa shape index (κ1) is 48.1. The lowest BCUT2D eigenvalue weighted by molar-refractivity contribution is -0.121. The third-order valence-corrected chi connectivity index (χ3v) is 9.28. The molecule has 3 amide bonds. The van der Waals surface area contributed by atoms with E-state index in [1.807, 2.05) is 11.8 Å². The SMILES string of the molecule is [N-]=[N+]=NCCOCCOCCOCCOCCOCCOCCOCCOCCOCCOCCOCCNC(=O)CCCC[C@@H]1SC[C@@H]2NC(=O)N[C@H]21. The monoisotopic (exact) mass is 796 g/mol. The smallest absolute Gasteiger partial charge is 0.315 e. The van der Waals surface area contributed by atoms with Crippen LogP contribution in [0.15, 0.2) is 5.11 Å². The van der Waals surface area contributed by atoms with Crippen molar-refractivity contribution in [2.75, 3.05) is 164 Å². The van der Waals surface area contributed by atoms with Gasteiger partial charge in [0.25, 0.3) is 0 Å². The maximum Gasteiger partial charge on any atom is 0.315 e. The Hall–Kier alpha value is -2.04. The third kappa shape index (κ3) is 28.4. The van der Waals surface area contributed by atoms with Gasteiger partial charge in [-0.05, 0) is 18.4 Å². The fraction of sp³-hybridized carbons (Fsp3) is 0.941. The molecule has 0 unspecified atom stereocenters. The van der Waals surface area contributed by atoms with E-state index in [0.29, 0.717) is 170 Å². The lowest BCUT2D eigenvalue weighted by atomic mass is 10.0. The summed E-state index contributed by atoms with van der Waals surface area (Å²) in [6, 6.07) is 0.400. The van der Waals surface area contributed by atoms with Crippen LogP contribution < -0.4 is 16.0 Å². The van der Waals surface area contributed by atoms with E-state index in [1.54, 1.807) is 0 Å². The van der Waals surface area contributed by atoms with Crippen LogP contribution in [0.2, 0.25) is 0 Å². The van der Waals surface area contributed by atoms with Crippen LogP contribution in [-0.2, 0) is 56.9 Å². The van der Waals surface area contributed by atoms with Crippen molar-refractivity contribution in [3.8, 4) is 0 Å². The van der Waals surface area contributed by atoms with Gasteiger partial charge in [0.1, 0.15) is 0 Å². The topological polar surface area (TPSA) is 221 Å². The average Bonchev–Trinajstić information content (AvgIpc) is 3.73. The molecule has 0 radical (unpaired) electrons. The van der Waals surface area contributed by atoms with Gasteiger partial charge in [-0.15, -0.1) is 0 Å². The average molecular weight is 797 g/mol. The van der Waals surface area contributed by atoms with Gasteiger partial charge in [0.15, 0.2) is 0 Å². The molecule has 3 N–H and O–H groups in total. The van der Waals surface area contributed by atoms with Crippen LogP contribution in [0.4, 0.5) is 4.79 Å². The van der Waals surface area contributed by atoms with Gasteiger partial charge in [-0.2, -0.15) is 11.8 Å². The summed E-state index contributed by atoms with van der Waals surface area (Å²) in [5.74, 6) is 0.998. The van der Waals surface area contributed by atoms with Gasteiger partial charge < -0.3 is 68.1 Å². The molecule has 314 valence electrons. The van der Waals surface area contributed by atoms with Crippen molar-refractivity contribution in [2.24, 2.45) is 5.11 Å². The van der Waals surface area contributed by atoms with Crippen LogP contribution in [0, 0.1) is 0 Å². The molecule has 0 saturated carbocycles. The van der Waals surface area contributed by atoms with Crippen molar-refractivity contribution in [1.82, 2.24) is 16.0 Å². The van der Waals surface area contributed by atoms with Crippen LogP contribution in [-0.4, -0.2) is 193 Å². The summed E-state index contributed by atoms with van der Waals surface area (Å²) < 4.78 is 59.9. The molecule has 2 fully saturated rings. The Morgan fingerprint density at radius 2 is 1.04 bits per heavy atom. The summed E-state index contributed by atoms with van der Waals surface area (Å²) in [5.41, 5.74) is 8.15. The second-order valence-corrected chi connectivity index (χ2v) is 13.2. The van der Waals surface area contributed by atoms with E-state index >= 15 is 0 Å². The Bertz CT molecular complexity index is 960. The minimum atomic E-state index is -0.0626. The van der Waals surface area contributed by atoms with Crippen molar-refractivity contribution in [1.29, 1.82) is 0 Å². The first-order valence-electron chi connectivity index (χ1n) is 19.0. The lowest BCUT2D eigenvalue weighted by Gasteiger charge is -2.16. The number of rotatable bonds is 41. The number of urea groups is 1. The highest BCUT2D eigenvalue weighted by Gasteiger charge is 2.42. The molecule has 2 aliphatic heterocycles. The summed E-state index contributed by atoms with van der Waals surface area (Å²) >= 11 is 1.90. The van der Waals surface area contributed by atoms with E-state index < -0.39 is 0 Å². The molecule has 2 saturated heterocycles. The van der Waals surface area contributed by atoms with Crippen LogP contribution in [0.5, 0.6) is 0 Å². The first-order valence-corrected chi connectivity index (χ1v) is 20.1. The van der Waals surface area contributed by atoms with Gasteiger partial charge in [0, 0.05) is 35.4 Å². The largest absolute Gasteiger partial charge is 0.379 e. The molecule has 0 spiro atoms. The maximum absolute atomic E-state index is 12.0. The van der Waals surface area contributed by atoms with Crippen LogP contribution >= 0.6 is 11.8 Å². The first-order chi connectivity index (χ1) is 26.7. The maximum atomic E-state index is 12.0. The molecule has 0 aromatic carbocycles. The molecular weight excluding hydrogens is 732 g/mol. The number of unbranched alkanes of at least 4 members (excludes halogenated alkanes) is 1. The number of hydrogen-bond acceptors (Lipinski definition) is 15. The normalized spacial score (nSPS) is 17.6. The molecule has 20 heteroatoms. The van der Waals surface area contributed by atoms with Gasteiger partial charge in [-0.3, -0.25) is 4.79 Å². The van der Waals surface area contributed by atoms with Gasteiger partial charge in [0.05, 0.1) is 157 Å². The number of azide groups is 1.